The molecule has 0 bridgehead atoms. The maximum absolute atomic E-state index is 12.0. The van der Waals surface area contributed by atoms with Gasteiger partial charge in [0, 0.05) is 6.04 Å². The van der Waals surface area contributed by atoms with Gasteiger partial charge in [-0.05, 0) is 36.3 Å². The van der Waals surface area contributed by atoms with Crippen molar-refractivity contribution in [1.29, 1.82) is 0 Å². The lowest BCUT2D eigenvalue weighted by Crippen LogP contribution is -2.46. The second kappa shape index (κ2) is 9.42. The Morgan fingerprint density at radius 1 is 1.04 bits per heavy atom. The molecular weight excluding hydrogens is 304 g/mol. The number of amides is 2. The van der Waals surface area contributed by atoms with Crippen molar-refractivity contribution >= 4 is 12.0 Å². The van der Waals surface area contributed by atoms with Gasteiger partial charge in [-0.3, -0.25) is 15.4 Å². The van der Waals surface area contributed by atoms with E-state index in [2.05, 4.69) is 67.3 Å². The van der Waals surface area contributed by atoms with Crippen molar-refractivity contribution in [1.82, 2.24) is 10.6 Å². The Hall–Kier alpha value is -1.88. The first kappa shape index (κ1) is 20.2. The molecule has 1 aromatic rings. The Labute approximate surface area is 145 Å². The normalized spacial score (nSPS) is 14.8. The smallest absolute Gasteiger partial charge is 0.413 e. The van der Waals surface area contributed by atoms with Gasteiger partial charge in [0.25, 0.3) is 0 Å². The summed E-state index contributed by atoms with van der Waals surface area (Å²) in [7, 11) is 1.23. The average molecular weight is 334 g/mol. The van der Waals surface area contributed by atoms with Gasteiger partial charge in [-0.15, -0.1) is 0 Å². The molecule has 0 spiro atoms. The van der Waals surface area contributed by atoms with Crippen LogP contribution in [0.15, 0.2) is 24.3 Å². The number of hydrogen-bond acceptors (Lipinski definition) is 4. The van der Waals surface area contributed by atoms with Gasteiger partial charge in [-0.25, -0.2) is 4.79 Å². The van der Waals surface area contributed by atoms with Crippen molar-refractivity contribution < 1.29 is 14.3 Å². The molecule has 1 rings (SSSR count). The minimum absolute atomic E-state index is 0.0226. The molecular formula is C19H30N2O3. The number of ether oxygens (including phenoxy) is 1. The number of hydrogen-bond donors (Lipinski definition) is 2. The summed E-state index contributed by atoms with van der Waals surface area (Å²) in [5.74, 6) is 0.436. The Morgan fingerprint density at radius 2 is 1.58 bits per heavy atom. The summed E-state index contributed by atoms with van der Waals surface area (Å²) in [6.07, 6.45) is 0.364. The van der Waals surface area contributed by atoms with E-state index >= 15 is 0 Å². The Kier molecular flexibility index (Phi) is 7.92. The molecule has 0 aromatic heterocycles. The van der Waals surface area contributed by atoms with Crippen LogP contribution in [0.3, 0.4) is 0 Å². The monoisotopic (exact) mass is 334 g/mol. The summed E-state index contributed by atoms with van der Waals surface area (Å²) in [6, 6.07) is 8.05. The lowest BCUT2D eigenvalue weighted by Gasteiger charge is -2.26. The molecule has 5 nitrogen and oxygen atoms in total. The summed E-state index contributed by atoms with van der Waals surface area (Å²) in [6.45, 7) is 10.3. The number of alkyl carbamates (subject to hydrolysis) is 1. The van der Waals surface area contributed by atoms with Crippen LogP contribution >= 0.6 is 0 Å². The van der Waals surface area contributed by atoms with Gasteiger partial charge < -0.3 is 4.74 Å². The summed E-state index contributed by atoms with van der Waals surface area (Å²) in [5.41, 5.74) is 2.45. The molecule has 24 heavy (non-hydrogen) atoms. The predicted octanol–water partition coefficient (Wildman–Crippen LogP) is 3.76. The highest BCUT2D eigenvalue weighted by Crippen LogP contribution is 2.25. The summed E-state index contributed by atoms with van der Waals surface area (Å²) in [5, 5.41) is 5.50. The van der Waals surface area contributed by atoms with E-state index < -0.39 is 18.0 Å². The first-order valence-electron chi connectivity index (χ1n) is 8.54. The van der Waals surface area contributed by atoms with Crippen molar-refractivity contribution in [2.24, 2.45) is 5.92 Å². The van der Waals surface area contributed by atoms with Gasteiger partial charge in [0.15, 0.2) is 0 Å². The average Bonchev–Trinajstić information content (AvgIpc) is 2.58. The van der Waals surface area contributed by atoms with Crippen LogP contribution in [-0.2, 0) is 9.53 Å². The minimum atomic E-state index is -0.743. The van der Waals surface area contributed by atoms with E-state index in [-0.39, 0.29) is 6.04 Å². The van der Waals surface area contributed by atoms with E-state index in [4.69, 9.17) is 0 Å². The lowest BCUT2D eigenvalue weighted by atomic mass is 9.91. The first-order valence-corrected chi connectivity index (χ1v) is 8.54. The number of imide groups is 1. The van der Waals surface area contributed by atoms with Crippen LogP contribution in [0, 0.1) is 5.92 Å². The molecule has 0 aliphatic heterocycles. The SMILES string of the molecule is CC[C@H](C)c1ccc([C@H](N[C@@H](C)C(=O)NC(=O)OC)C(C)C)cc1. The zero-order chi connectivity index (χ0) is 18.3. The number of carbonyl (C=O) groups excluding carboxylic acids is 2. The van der Waals surface area contributed by atoms with Gasteiger partial charge in [0.1, 0.15) is 0 Å². The fourth-order valence-electron chi connectivity index (χ4n) is 2.55. The zero-order valence-corrected chi connectivity index (χ0v) is 15.6. The first-order chi connectivity index (χ1) is 11.3. The Balaban J connectivity index is 2.83. The van der Waals surface area contributed by atoms with E-state index in [1.165, 1.54) is 12.7 Å². The van der Waals surface area contributed by atoms with Crippen LogP contribution in [0.5, 0.6) is 0 Å². The van der Waals surface area contributed by atoms with E-state index in [9.17, 15) is 9.59 Å². The van der Waals surface area contributed by atoms with Crippen molar-refractivity contribution in [3.63, 3.8) is 0 Å². The van der Waals surface area contributed by atoms with E-state index in [1.807, 2.05) is 0 Å². The fraction of sp³-hybridized carbons (Fsp3) is 0.579. The maximum Gasteiger partial charge on any atom is 0.413 e. The van der Waals surface area contributed by atoms with E-state index in [0.29, 0.717) is 11.8 Å². The standard InChI is InChI=1S/C19H30N2O3/c1-7-13(4)15-8-10-16(11-9-15)17(12(2)3)20-14(5)18(22)21-19(23)24-6/h8-14,17,20H,7H2,1-6H3,(H,21,22,23)/t13-,14-,17+/m0/s1. The molecule has 2 N–H and O–H groups in total. The topological polar surface area (TPSA) is 67.4 Å². The molecule has 5 heteroatoms. The number of methoxy groups -OCH3 is 1. The number of nitrogens with one attached hydrogen (secondary N) is 2. The number of benzene rings is 1. The van der Waals surface area contributed by atoms with Crippen LogP contribution < -0.4 is 10.6 Å². The van der Waals surface area contributed by atoms with Gasteiger partial charge >= 0.3 is 6.09 Å². The van der Waals surface area contributed by atoms with Gasteiger partial charge in [-0.2, -0.15) is 0 Å². The summed E-state index contributed by atoms with van der Waals surface area (Å²) in [4.78, 5) is 23.2. The Morgan fingerprint density at radius 3 is 2.04 bits per heavy atom. The molecule has 1 aromatic carbocycles. The Bertz CT molecular complexity index is 540. The predicted molar refractivity (Wildman–Crippen MR) is 95.9 cm³/mol. The third-order valence-corrected chi connectivity index (χ3v) is 4.38. The lowest BCUT2D eigenvalue weighted by molar-refractivity contribution is -0.122. The third-order valence-electron chi connectivity index (χ3n) is 4.38. The summed E-state index contributed by atoms with van der Waals surface area (Å²) >= 11 is 0. The largest absolute Gasteiger partial charge is 0.453 e. The van der Waals surface area contributed by atoms with Gasteiger partial charge in [-0.1, -0.05) is 52.0 Å². The quantitative estimate of drug-likeness (QED) is 0.797. The summed E-state index contributed by atoms with van der Waals surface area (Å²) < 4.78 is 4.46. The molecule has 134 valence electrons. The highest BCUT2D eigenvalue weighted by molar-refractivity contribution is 5.94. The second-order valence-corrected chi connectivity index (χ2v) is 6.57. The molecule has 0 aliphatic rings. The van der Waals surface area contributed by atoms with Gasteiger partial charge in [0.05, 0.1) is 13.2 Å². The molecule has 0 saturated carbocycles. The van der Waals surface area contributed by atoms with Crippen molar-refractivity contribution in [3.05, 3.63) is 35.4 Å². The van der Waals surface area contributed by atoms with Crippen molar-refractivity contribution in [2.75, 3.05) is 7.11 Å². The molecule has 0 unspecified atom stereocenters. The maximum atomic E-state index is 12.0. The highest BCUT2D eigenvalue weighted by Gasteiger charge is 2.23. The molecule has 3 atom stereocenters. The van der Waals surface area contributed by atoms with Crippen LogP contribution in [0.25, 0.3) is 0 Å². The van der Waals surface area contributed by atoms with E-state index in [0.717, 1.165) is 12.0 Å². The molecule has 0 fully saturated rings. The zero-order valence-electron chi connectivity index (χ0n) is 15.6. The second-order valence-electron chi connectivity index (χ2n) is 6.57. The molecule has 0 saturated heterocycles. The number of rotatable bonds is 7. The highest BCUT2D eigenvalue weighted by atomic mass is 16.5. The molecule has 0 aliphatic carbocycles. The van der Waals surface area contributed by atoms with E-state index in [1.54, 1.807) is 6.92 Å². The van der Waals surface area contributed by atoms with Crippen LogP contribution in [0.4, 0.5) is 4.79 Å². The molecule has 0 heterocycles. The number of carbonyl (C=O) groups is 2. The molecule has 2 amide bonds. The fourth-order valence-corrected chi connectivity index (χ4v) is 2.55. The van der Waals surface area contributed by atoms with Crippen LogP contribution in [-0.4, -0.2) is 25.2 Å². The third kappa shape index (κ3) is 5.64. The van der Waals surface area contributed by atoms with Gasteiger partial charge in [0.2, 0.25) is 5.91 Å². The van der Waals surface area contributed by atoms with Crippen LogP contribution in [0.1, 0.15) is 64.1 Å². The minimum Gasteiger partial charge on any atom is -0.453 e. The van der Waals surface area contributed by atoms with Crippen LogP contribution in [0.2, 0.25) is 0 Å². The van der Waals surface area contributed by atoms with Crippen molar-refractivity contribution in [3.8, 4) is 0 Å². The van der Waals surface area contributed by atoms with Crippen molar-refractivity contribution in [2.45, 2.75) is 59.0 Å². The molecule has 0 radical (unpaired) electrons.